The van der Waals surface area contributed by atoms with Crippen LogP contribution >= 0.6 is 0 Å². The van der Waals surface area contributed by atoms with E-state index in [1.807, 2.05) is 0 Å². The standard InChI is InChI=1S/C11H8F6N4/c1-6-18-3-8(11(15,16)17)9(20-6)7-2-19-21(4-7)5-10(12,13)14/h2-4H,5H2,1H3. The van der Waals surface area contributed by atoms with E-state index in [-0.39, 0.29) is 11.4 Å². The van der Waals surface area contributed by atoms with Crippen LogP contribution in [0.2, 0.25) is 0 Å². The molecule has 0 bridgehead atoms. The predicted molar refractivity (Wildman–Crippen MR) is 59.0 cm³/mol. The van der Waals surface area contributed by atoms with Crippen molar-refractivity contribution in [1.82, 2.24) is 19.7 Å². The Morgan fingerprint density at radius 1 is 1.10 bits per heavy atom. The predicted octanol–water partition coefficient (Wildman–Crippen LogP) is 3.23. The Morgan fingerprint density at radius 3 is 2.33 bits per heavy atom. The Bertz CT molecular complexity index is 643. The largest absolute Gasteiger partial charge is 0.419 e. The third-order valence-corrected chi connectivity index (χ3v) is 2.46. The molecule has 2 rings (SSSR count). The fraction of sp³-hybridized carbons (Fsp3) is 0.364. The van der Waals surface area contributed by atoms with Crippen molar-refractivity contribution in [2.75, 3.05) is 0 Å². The number of nitrogens with zero attached hydrogens (tertiary/aromatic N) is 4. The van der Waals surface area contributed by atoms with Gasteiger partial charge in [0.05, 0.1) is 11.9 Å². The molecule has 21 heavy (non-hydrogen) atoms. The van der Waals surface area contributed by atoms with Gasteiger partial charge >= 0.3 is 12.4 Å². The minimum atomic E-state index is -4.71. The number of hydrogen-bond donors (Lipinski definition) is 0. The highest BCUT2D eigenvalue weighted by Crippen LogP contribution is 2.35. The van der Waals surface area contributed by atoms with E-state index in [1.165, 1.54) is 6.92 Å². The Kier molecular flexibility index (Phi) is 3.64. The summed E-state index contributed by atoms with van der Waals surface area (Å²) in [5.41, 5.74) is -1.78. The van der Waals surface area contributed by atoms with Gasteiger partial charge in [0.25, 0.3) is 0 Å². The second kappa shape index (κ2) is 5.01. The van der Waals surface area contributed by atoms with Gasteiger partial charge in [-0.25, -0.2) is 9.97 Å². The van der Waals surface area contributed by atoms with Crippen LogP contribution in [-0.4, -0.2) is 25.9 Å². The molecule has 0 atom stereocenters. The molecule has 0 N–H and O–H groups in total. The van der Waals surface area contributed by atoms with E-state index in [2.05, 4.69) is 15.1 Å². The number of hydrogen-bond acceptors (Lipinski definition) is 3. The molecule has 0 aliphatic heterocycles. The molecule has 0 amide bonds. The molecule has 0 saturated carbocycles. The highest BCUT2D eigenvalue weighted by molar-refractivity contribution is 5.61. The molecule has 2 aromatic rings. The maximum Gasteiger partial charge on any atom is 0.419 e. The fourth-order valence-corrected chi connectivity index (χ4v) is 1.65. The maximum atomic E-state index is 12.9. The van der Waals surface area contributed by atoms with Crippen molar-refractivity contribution in [3.8, 4) is 11.3 Å². The summed E-state index contributed by atoms with van der Waals surface area (Å²) >= 11 is 0. The minimum Gasteiger partial charge on any atom is -0.263 e. The minimum absolute atomic E-state index is 0.0709. The average molecular weight is 310 g/mol. The van der Waals surface area contributed by atoms with Crippen molar-refractivity contribution in [2.24, 2.45) is 0 Å². The Morgan fingerprint density at radius 2 is 1.76 bits per heavy atom. The van der Waals surface area contributed by atoms with Crippen LogP contribution in [0, 0.1) is 6.92 Å². The average Bonchev–Trinajstić information content (AvgIpc) is 2.73. The van der Waals surface area contributed by atoms with Gasteiger partial charge in [-0.3, -0.25) is 4.68 Å². The van der Waals surface area contributed by atoms with Crippen LogP contribution in [0.3, 0.4) is 0 Å². The van der Waals surface area contributed by atoms with Crippen LogP contribution in [0.15, 0.2) is 18.6 Å². The van der Waals surface area contributed by atoms with Crippen LogP contribution in [0.5, 0.6) is 0 Å². The lowest BCUT2D eigenvalue weighted by Gasteiger charge is -2.10. The van der Waals surface area contributed by atoms with Gasteiger partial charge in [0, 0.05) is 18.0 Å². The summed E-state index contributed by atoms with van der Waals surface area (Å²) in [5, 5.41) is 3.40. The van der Waals surface area contributed by atoms with Gasteiger partial charge < -0.3 is 0 Å². The first-order valence-corrected chi connectivity index (χ1v) is 5.57. The zero-order chi connectivity index (χ0) is 15.8. The van der Waals surface area contributed by atoms with Crippen molar-refractivity contribution in [1.29, 1.82) is 0 Å². The first-order chi connectivity index (χ1) is 9.56. The first-order valence-electron chi connectivity index (χ1n) is 5.57. The summed E-state index contributed by atoms with van der Waals surface area (Å²) in [6, 6.07) is 0. The molecule has 0 aromatic carbocycles. The Labute approximate surface area is 114 Å². The number of aryl methyl sites for hydroxylation is 1. The van der Waals surface area contributed by atoms with E-state index >= 15 is 0 Å². The van der Waals surface area contributed by atoms with Gasteiger partial charge in [0.15, 0.2) is 0 Å². The molecule has 4 nitrogen and oxygen atoms in total. The van der Waals surface area contributed by atoms with Crippen LogP contribution in [0.1, 0.15) is 11.4 Å². The van der Waals surface area contributed by atoms with Gasteiger partial charge in [0.1, 0.15) is 17.9 Å². The normalized spacial score (nSPS) is 12.7. The molecular formula is C11H8F6N4. The highest BCUT2D eigenvalue weighted by atomic mass is 19.4. The zero-order valence-electron chi connectivity index (χ0n) is 10.5. The lowest BCUT2D eigenvalue weighted by atomic mass is 10.1. The van der Waals surface area contributed by atoms with E-state index < -0.39 is 30.2 Å². The number of halogens is 6. The molecule has 114 valence electrons. The van der Waals surface area contributed by atoms with Gasteiger partial charge in [-0.05, 0) is 6.92 Å². The quantitative estimate of drug-likeness (QED) is 0.800. The number of alkyl halides is 6. The lowest BCUT2D eigenvalue weighted by molar-refractivity contribution is -0.142. The summed E-state index contributed by atoms with van der Waals surface area (Å²) < 4.78 is 75.7. The molecule has 0 aliphatic carbocycles. The van der Waals surface area contributed by atoms with Crippen LogP contribution in [0.4, 0.5) is 26.3 Å². The molecule has 0 unspecified atom stereocenters. The molecular weight excluding hydrogens is 302 g/mol. The van der Waals surface area contributed by atoms with Crippen molar-refractivity contribution in [3.63, 3.8) is 0 Å². The van der Waals surface area contributed by atoms with Gasteiger partial charge in [0.2, 0.25) is 0 Å². The summed E-state index contributed by atoms with van der Waals surface area (Å²) in [7, 11) is 0. The zero-order valence-corrected chi connectivity index (χ0v) is 10.5. The molecule has 0 aliphatic rings. The second-order valence-corrected chi connectivity index (χ2v) is 4.22. The Balaban J connectivity index is 2.45. The van der Waals surface area contributed by atoms with Gasteiger partial charge in [-0.15, -0.1) is 0 Å². The third kappa shape index (κ3) is 3.70. The summed E-state index contributed by atoms with van der Waals surface area (Å²) in [6.07, 6.45) is -6.86. The van der Waals surface area contributed by atoms with E-state index in [0.29, 0.717) is 10.9 Å². The number of aromatic nitrogens is 4. The Hall–Kier alpha value is -2.13. The molecule has 2 aromatic heterocycles. The molecule has 0 spiro atoms. The van der Waals surface area contributed by atoms with E-state index in [4.69, 9.17) is 0 Å². The molecule has 2 heterocycles. The second-order valence-electron chi connectivity index (χ2n) is 4.22. The monoisotopic (exact) mass is 310 g/mol. The summed E-state index contributed by atoms with van der Waals surface area (Å²) in [5.74, 6) is 0.0709. The van der Waals surface area contributed by atoms with E-state index in [0.717, 1.165) is 12.4 Å². The van der Waals surface area contributed by atoms with Gasteiger partial charge in [-0.1, -0.05) is 0 Å². The molecule has 0 radical (unpaired) electrons. The molecule has 0 fully saturated rings. The summed E-state index contributed by atoms with van der Waals surface area (Å²) in [6.45, 7) is -0.0117. The van der Waals surface area contributed by atoms with Gasteiger partial charge in [-0.2, -0.15) is 31.4 Å². The van der Waals surface area contributed by atoms with Crippen molar-refractivity contribution < 1.29 is 26.3 Å². The number of rotatable bonds is 2. The fourth-order valence-electron chi connectivity index (χ4n) is 1.65. The van der Waals surface area contributed by atoms with Crippen molar-refractivity contribution >= 4 is 0 Å². The van der Waals surface area contributed by atoms with Crippen molar-refractivity contribution in [3.05, 3.63) is 30.0 Å². The van der Waals surface area contributed by atoms with Crippen molar-refractivity contribution in [2.45, 2.75) is 25.8 Å². The first kappa shape index (κ1) is 15.3. The third-order valence-electron chi connectivity index (χ3n) is 2.46. The van der Waals surface area contributed by atoms with Crippen LogP contribution < -0.4 is 0 Å². The van der Waals surface area contributed by atoms with Crippen LogP contribution in [0.25, 0.3) is 11.3 Å². The SMILES string of the molecule is Cc1ncc(C(F)(F)F)c(-c2cnn(CC(F)(F)F)c2)n1. The lowest BCUT2D eigenvalue weighted by Crippen LogP contribution is -2.17. The molecule has 10 heteroatoms. The summed E-state index contributed by atoms with van der Waals surface area (Å²) in [4.78, 5) is 7.11. The molecule has 0 saturated heterocycles. The van der Waals surface area contributed by atoms with Crippen LogP contribution in [-0.2, 0) is 12.7 Å². The van der Waals surface area contributed by atoms with E-state index in [9.17, 15) is 26.3 Å². The maximum absolute atomic E-state index is 12.9. The highest BCUT2D eigenvalue weighted by Gasteiger charge is 2.36. The smallest absolute Gasteiger partial charge is 0.263 e. The van der Waals surface area contributed by atoms with E-state index in [1.54, 1.807) is 0 Å². The topological polar surface area (TPSA) is 43.6 Å².